The van der Waals surface area contributed by atoms with E-state index in [0.717, 1.165) is 18.4 Å². The van der Waals surface area contributed by atoms with Gasteiger partial charge in [0.2, 0.25) is 0 Å². The van der Waals surface area contributed by atoms with E-state index in [9.17, 15) is 4.79 Å². The van der Waals surface area contributed by atoms with Crippen LogP contribution in [0.25, 0.3) is 0 Å². The molecular weight excluding hydrogens is 401 g/mol. The van der Waals surface area contributed by atoms with E-state index >= 15 is 0 Å². The second kappa shape index (κ2) is 8.99. The van der Waals surface area contributed by atoms with Gasteiger partial charge in [0, 0.05) is 0 Å². The van der Waals surface area contributed by atoms with E-state index in [0.29, 0.717) is 17.6 Å². The Labute approximate surface area is 174 Å². The fourth-order valence-corrected chi connectivity index (χ4v) is 14.1. The van der Waals surface area contributed by atoms with E-state index in [2.05, 4.69) is 58.0 Å². The summed E-state index contributed by atoms with van der Waals surface area (Å²) in [5.74, 6) is 1.63. The van der Waals surface area contributed by atoms with E-state index in [1.165, 1.54) is 26.6 Å². The van der Waals surface area contributed by atoms with Crippen molar-refractivity contribution in [2.24, 2.45) is 11.8 Å². The molecule has 1 saturated carbocycles. The Morgan fingerprint density at radius 3 is 1.96 bits per heavy atom. The molecule has 1 fully saturated rings. The number of rotatable bonds is 8. The number of carbonyl (C=O) groups excluding carboxylic acids is 1. The van der Waals surface area contributed by atoms with Gasteiger partial charge in [-0.05, 0) is 0 Å². The van der Waals surface area contributed by atoms with Crippen molar-refractivity contribution >= 4 is 19.0 Å². The summed E-state index contributed by atoms with van der Waals surface area (Å²) in [6.45, 7) is 9.67. The third kappa shape index (κ3) is 4.01. The number of Topliss-reactive ketones (excluding diaryl/α,β-unsaturated/α-hetero) is 1. The fraction of sp³-hybridized carbons (Fsp3) is 0.500. The van der Waals surface area contributed by atoms with Crippen LogP contribution in [-0.2, 0) is 5.41 Å². The van der Waals surface area contributed by atoms with Crippen LogP contribution in [0.15, 0.2) is 60.7 Å². The zero-order chi connectivity index (χ0) is 20.2. The van der Waals surface area contributed by atoms with Crippen LogP contribution in [0, 0.1) is 11.8 Å². The van der Waals surface area contributed by atoms with Crippen molar-refractivity contribution in [3.8, 4) is 0 Å². The average molecular weight is 437 g/mol. The second-order valence-corrected chi connectivity index (χ2v) is 20.7. The third-order valence-electron chi connectivity index (χ3n) is 7.83. The zero-order valence-electron chi connectivity index (χ0n) is 18.1. The Kier molecular flexibility index (Phi) is 6.86. The predicted molar refractivity (Wildman–Crippen MR) is 123 cm³/mol. The minimum absolute atomic E-state index is 0.330. The fourth-order valence-electron chi connectivity index (χ4n) is 5.64. The first-order chi connectivity index (χ1) is 13.5. The number of hydrogen-bond acceptors (Lipinski definition) is 1. The number of benzene rings is 2. The molecule has 3 rings (SSSR count). The van der Waals surface area contributed by atoms with Gasteiger partial charge in [-0.2, -0.15) is 0 Å². The number of carbonyl (C=O) groups is 1. The van der Waals surface area contributed by atoms with Crippen LogP contribution in [0.2, 0.25) is 21.0 Å². The molecule has 1 aliphatic rings. The molecule has 1 nitrogen and oxygen atoms in total. The maximum atomic E-state index is 13.9. The third-order valence-corrected chi connectivity index (χ3v) is 20.2. The molecule has 3 atom stereocenters. The molecule has 1 aliphatic carbocycles. The molecule has 0 unspecified atom stereocenters. The van der Waals surface area contributed by atoms with E-state index in [1.54, 1.807) is 0 Å². The van der Waals surface area contributed by atoms with E-state index < -0.39 is 13.3 Å². The van der Waals surface area contributed by atoms with Crippen molar-refractivity contribution < 1.29 is 4.79 Å². The molecule has 0 aromatic heterocycles. The van der Waals surface area contributed by atoms with Crippen LogP contribution in [0.4, 0.5) is 0 Å². The summed E-state index contributed by atoms with van der Waals surface area (Å²) in [6, 6.07) is 20.6. The molecular formula is C26H36GeO. The molecule has 2 aromatic rings. The first kappa shape index (κ1) is 21.4. The zero-order valence-corrected chi connectivity index (χ0v) is 20.2. The van der Waals surface area contributed by atoms with Gasteiger partial charge >= 0.3 is 174 Å². The topological polar surface area (TPSA) is 17.1 Å². The van der Waals surface area contributed by atoms with Gasteiger partial charge in [0.15, 0.2) is 0 Å². The SMILES string of the molecule is C[CH2][Ge]([CH2]C)([CH2]C)[CH2][C@@H]1C[C@](C(=O)c2ccccc2)(c2ccccc2)C[C@H]1C. The molecule has 0 aliphatic heterocycles. The Bertz CT molecular complexity index is 757. The van der Waals surface area contributed by atoms with Gasteiger partial charge in [-0.25, -0.2) is 0 Å². The van der Waals surface area contributed by atoms with Crippen molar-refractivity contribution in [1.29, 1.82) is 0 Å². The standard InChI is InChI=1S/C26H36GeO/c1-5-27(6-2,7-3)20-23-19-26(18-21(23)4,24-16-12-9-13-17-24)25(28)22-14-10-8-11-15-22/h8-17,21,23H,5-7,18-20H2,1-4H3/t21-,23+,26+/m1/s1. The van der Waals surface area contributed by atoms with E-state index in [-0.39, 0.29) is 5.41 Å². The average Bonchev–Trinajstić information content (AvgIpc) is 3.09. The molecule has 0 amide bonds. The Balaban J connectivity index is 1.99. The summed E-state index contributed by atoms with van der Waals surface area (Å²) in [4.78, 5) is 13.9. The molecule has 0 spiro atoms. The van der Waals surface area contributed by atoms with Crippen LogP contribution < -0.4 is 0 Å². The first-order valence-corrected chi connectivity index (χ1v) is 17.1. The molecule has 0 heterocycles. The van der Waals surface area contributed by atoms with E-state index in [1.807, 2.05) is 30.3 Å². The van der Waals surface area contributed by atoms with Gasteiger partial charge in [0.05, 0.1) is 0 Å². The van der Waals surface area contributed by atoms with Crippen molar-refractivity contribution in [3.05, 3.63) is 71.8 Å². The van der Waals surface area contributed by atoms with Gasteiger partial charge in [-0.1, -0.05) is 0 Å². The quantitative estimate of drug-likeness (QED) is 0.312. The predicted octanol–water partition coefficient (Wildman–Crippen LogP) is 7.36. The van der Waals surface area contributed by atoms with Crippen LogP contribution in [-0.4, -0.2) is 19.0 Å². The molecule has 2 heteroatoms. The summed E-state index contributed by atoms with van der Waals surface area (Å²) in [5.41, 5.74) is 1.74. The van der Waals surface area contributed by atoms with Crippen LogP contribution in [0.1, 0.15) is 56.5 Å². The van der Waals surface area contributed by atoms with Crippen molar-refractivity contribution in [1.82, 2.24) is 0 Å². The Morgan fingerprint density at radius 1 is 0.893 bits per heavy atom. The molecule has 150 valence electrons. The Hall–Kier alpha value is -1.35. The van der Waals surface area contributed by atoms with Crippen molar-refractivity contribution in [3.63, 3.8) is 0 Å². The first-order valence-electron chi connectivity index (χ1n) is 11.2. The number of hydrogen-bond donors (Lipinski definition) is 0. The van der Waals surface area contributed by atoms with Gasteiger partial charge in [0.25, 0.3) is 0 Å². The van der Waals surface area contributed by atoms with Crippen LogP contribution in [0.5, 0.6) is 0 Å². The monoisotopic (exact) mass is 438 g/mol. The van der Waals surface area contributed by atoms with Crippen LogP contribution >= 0.6 is 0 Å². The molecule has 2 aromatic carbocycles. The molecule has 0 radical (unpaired) electrons. The summed E-state index contributed by atoms with van der Waals surface area (Å²) in [6.07, 6.45) is 2.02. The molecule has 28 heavy (non-hydrogen) atoms. The summed E-state index contributed by atoms with van der Waals surface area (Å²) >= 11 is -1.78. The van der Waals surface area contributed by atoms with Crippen molar-refractivity contribution in [2.45, 2.75) is 67.0 Å². The number of ketones is 1. The van der Waals surface area contributed by atoms with Gasteiger partial charge < -0.3 is 0 Å². The molecule has 0 N–H and O–H groups in total. The maximum absolute atomic E-state index is 13.9. The molecule has 0 saturated heterocycles. The second-order valence-electron chi connectivity index (χ2n) is 9.05. The Morgan fingerprint density at radius 2 is 1.43 bits per heavy atom. The van der Waals surface area contributed by atoms with E-state index in [4.69, 9.17) is 0 Å². The molecule has 0 bridgehead atoms. The van der Waals surface area contributed by atoms with Crippen LogP contribution in [0.3, 0.4) is 0 Å². The van der Waals surface area contributed by atoms with Crippen molar-refractivity contribution in [2.75, 3.05) is 0 Å². The van der Waals surface area contributed by atoms with Gasteiger partial charge in [0.1, 0.15) is 0 Å². The summed E-state index contributed by atoms with van der Waals surface area (Å²) in [5, 5.41) is 5.69. The van der Waals surface area contributed by atoms with Gasteiger partial charge in [-0.3, -0.25) is 0 Å². The summed E-state index contributed by atoms with van der Waals surface area (Å²) in [7, 11) is 0. The normalized spacial score (nSPS) is 25.0. The summed E-state index contributed by atoms with van der Waals surface area (Å²) < 4.78 is 0. The van der Waals surface area contributed by atoms with Gasteiger partial charge in [-0.15, -0.1) is 0 Å². The minimum atomic E-state index is -1.78.